The standard InChI is InChI=1S/C9H10BrNO3S/c1-2-14-7-11-15(12,13)9-5-3-8(10)4-6-9/h3-7H,2H2,1H3/b11-7+. The molecule has 0 heterocycles. The summed E-state index contributed by atoms with van der Waals surface area (Å²) in [7, 11) is -3.63. The van der Waals surface area contributed by atoms with E-state index < -0.39 is 10.0 Å². The molecule has 0 aliphatic heterocycles. The van der Waals surface area contributed by atoms with Crippen LogP contribution >= 0.6 is 15.9 Å². The molecule has 15 heavy (non-hydrogen) atoms. The summed E-state index contributed by atoms with van der Waals surface area (Å²) >= 11 is 3.22. The second-order valence-electron chi connectivity index (χ2n) is 2.60. The van der Waals surface area contributed by atoms with Gasteiger partial charge in [0.25, 0.3) is 10.0 Å². The molecule has 0 saturated carbocycles. The first-order valence-electron chi connectivity index (χ1n) is 4.22. The normalized spacial score (nSPS) is 11.9. The van der Waals surface area contributed by atoms with Gasteiger partial charge in [-0.25, -0.2) is 0 Å². The largest absolute Gasteiger partial charge is 0.483 e. The summed E-state index contributed by atoms with van der Waals surface area (Å²) in [6, 6.07) is 6.23. The van der Waals surface area contributed by atoms with E-state index in [-0.39, 0.29) is 4.90 Å². The summed E-state index contributed by atoms with van der Waals surface area (Å²) in [5.74, 6) is 0. The first-order chi connectivity index (χ1) is 7.06. The Hall–Kier alpha value is -0.880. The molecule has 1 aromatic carbocycles. The van der Waals surface area contributed by atoms with Gasteiger partial charge in [-0.05, 0) is 31.2 Å². The van der Waals surface area contributed by atoms with Crippen molar-refractivity contribution in [3.8, 4) is 0 Å². The maximum Gasteiger partial charge on any atom is 0.285 e. The molecule has 0 amide bonds. The number of halogens is 1. The average molecular weight is 292 g/mol. The minimum Gasteiger partial charge on any atom is -0.483 e. The lowest BCUT2D eigenvalue weighted by molar-refractivity contribution is 0.344. The monoisotopic (exact) mass is 291 g/mol. The van der Waals surface area contributed by atoms with Crippen molar-refractivity contribution in [2.75, 3.05) is 6.61 Å². The van der Waals surface area contributed by atoms with E-state index in [9.17, 15) is 8.42 Å². The van der Waals surface area contributed by atoms with Crippen molar-refractivity contribution >= 4 is 32.4 Å². The molecule has 1 aromatic rings. The van der Waals surface area contributed by atoms with Crippen LogP contribution in [0.4, 0.5) is 0 Å². The third-order valence-electron chi connectivity index (χ3n) is 1.53. The van der Waals surface area contributed by atoms with E-state index in [1.165, 1.54) is 12.1 Å². The van der Waals surface area contributed by atoms with Crippen molar-refractivity contribution in [2.45, 2.75) is 11.8 Å². The summed E-state index contributed by atoms with van der Waals surface area (Å²) in [4.78, 5) is 0.140. The molecule has 0 fully saturated rings. The fourth-order valence-electron chi connectivity index (χ4n) is 0.829. The molecule has 0 aliphatic carbocycles. The summed E-state index contributed by atoms with van der Waals surface area (Å²) < 4.78 is 32.0. The zero-order valence-corrected chi connectivity index (χ0v) is 10.5. The van der Waals surface area contributed by atoms with E-state index in [1.54, 1.807) is 19.1 Å². The molecule has 0 aromatic heterocycles. The molecule has 6 heteroatoms. The molecular weight excluding hydrogens is 282 g/mol. The minimum atomic E-state index is -3.63. The number of nitrogens with zero attached hydrogens (tertiary/aromatic N) is 1. The quantitative estimate of drug-likeness (QED) is 0.631. The molecule has 0 saturated heterocycles. The molecule has 0 spiro atoms. The highest BCUT2D eigenvalue weighted by atomic mass is 79.9. The number of hydrogen-bond donors (Lipinski definition) is 0. The Morgan fingerprint density at radius 1 is 1.40 bits per heavy atom. The van der Waals surface area contributed by atoms with E-state index in [4.69, 9.17) is 4.74 Å². The van der Waals surface area contributed by atoms with Crippen LogP contribution in [0.25, 0.3) is 0 Å². The Labute approximate surface area is 97.2 Å². The molecule has 4 nitrogen and oxygen atoms in total. The maximum absolute atomic E-state index is 11.5. The van der Waals surface area contributed by atoms with Crippen LogP contribution in [0.2, 0.25) is 0 Å². The van der Waals surface area contributed by atoms with Gasteiger partial charge in [-0.15, -0.1) is 4.40 Å². The van der Waals surface area contributed by atoms with E-state index >= 15 is 0 Å². The van der Waals surface area contributed by atoms with Crippen LogP contribution in [0.3, 0.4) is 0 Å². The molecule has 0 N–H and O–H groups in total. The number of ether oxygens (including phenoxy) is 1. The lowest BCUT2D eigenvalue weighted by atomic mass is 10.4. The Bertz CT molecular complexity index is 439. The number of sulfonamides is 1. The Morgan fingerprint density at radius 2 is 2.00 bits per heavy atom. The molecule has 1 rings (SSSR count). The summed E-state index contributed by atoms with van der Waals surface area (Å²) in [5.41, 5.74) is 0. The summed E-state index contributed by atoms with van der Waals surface area (Å²) in [6.07, 6.45) is 0.942. The number of hydrogen-bond acceptors (Lipinski definition) is 3. The second-order valence-corrected chi connectivity index (χ2v) is 5.14. The van der Waals surface area contributed by atoms with Crippen molar-refractivity contribution in [1.29, 1.82) is 0 Å². The van der Waals surface area contributed by atoms with Gasteiger partial charge in [0, 0.05) is 4.47 Å². The van der Waals surface area contributed by atoms with E-state index in [0.717, 1.165) is 10.9 Å². The Kier molecular flexibility index (Phi) is 4.28. The van der Waals surface area contributed by atoms with Crippen molar-refractivity contribution in [1.82, 2.24) is 0 Å². The third-order valence-corrected chi connectivity index (χ3v) is 3.29. The summed E-state index contributed by atoms with van der Waals surface area (Å²) in [6.45, 7) is 2.14. The van der Waals surface area contributed by atoms with Gasteiger partial charge in [0.15, 0.2) is 6.40 Å². The zero-order valence-electron chi connectivity index (χ0n) is 8.05. The van der Waals surface area contributed by atoms with Crippen molar-refractivity contribution in [2.24, 2.45) is 4.40 Å². The number of benzene rings is 1. The third kappa shape index (κ3) is 3.64. The molecule has 0 radical (unpaired) electrons. The maximum atomic E-state index is 11.5. The highest BCUT2D eigenvalue weighted by molar-refractivity contribution is 9.10. The van der Waals surface area contributed by atoms with Crippen molar-refractivity contribution in [3.05, 3.63) is 28.7 Å². The van der Waals surface area contributed by atoms with E-state index in [2.05, 4.69) is 20.3 Å². The van der Waals surface area contributed by atoms with E-state index in [0.29, 0.717) is 6.61 Å². The van der Waals surface area contributed by atoms with E-state index in [1.807, 2.05) is 0 Å². The van der Waals surface area contributed by atoms with Gasteiger partial charge in [-0.3, -0.25) is 0 Å². The van der Waals surface area contributed by atoms with Crippen LogP contribution in [-0.2, 0) is 14.8 Å². The first-order valence-corrected chi connectivity index (χ1v) is 6.45. The average Bonchev–Trinajstić information content (AvgIpc) is 2.18. The minimum absolute atomic E-state index is 0.140. The zero-order chi connectivity index (χ0) is 11.3. The predicted molar refractivity (Wildman–Crippen MR) is 61.4 cm³/mol. The second kappa shape index (κ2) is 5.27. The van der Waals surface area contributed by atoms with Gasteiger partial charge < -0.3 is 4.74 Å². The SMILES string of the molecule is CCO/C=N/S(=O)(=O)c1ccc(Br)cc1. The van der Waals surface area contributed by atoms with Gasteiger partial charge in [-0.2, -0.15) is 8.42 Å². The highest BCUT2D eigenvalue weighted by Crippen LogP contribution is 2.16. The first kappa shape index (κ1) is 12.2. The van der Waals surface area contributed by atoms with Crippen molar-refractivity contribution in [3.63, 3.8) is 0 Å². The molecule has 0 bridgehead atoms. The Morgan fingerprint density at radius 3 is 2.53 bits per heavy atom. The fourth-order valence-corrected chi connectivity index (χ4v) is 1.87. The lowest BCUT2D eigenvalue weighted by Crippen LogP contribution is -1.98. The van der Waals surface area contributed by atoms with Gasteiger partial charge in [0.1, 0.15) is 0 Å². The smallest absolute Gasteiger partial charge is 0.285 e. The van der Waals surface area contributed by atoms with Crippen molar-refractivity contribution < 1.29 is 13.2 Å². The predicted octanol–water partition coefficient (Wildman–Crippen LogP) is 2.20. The molecule has 0 aliphatic rings. The highest BCUT2D eigenvalue weighted by Gasteiger charge is 2.10. The van der Waals surface area contributed by atoms with Crippen LogP contribution in [0.5, 0.6) is 0 Å². The van der Waals surface area contributed by atoms with Crippen LogP contribution in [0, 0.1) is 0 Å². The van der Waals surface area contributed by atoms with Crippen LogP contribution in [0.15, 0.2) is 38.0 Å². The molecule has 0 unspecified atom stereocenters. The molecule has 82 valence electrons. The van der Waals surface area contributed by atoms with Gasteiger partial charge in [0.2, 0.25) is 0 Å². The van der Waals surface area contributed by atoms with Gasteiger partial charge >= 0.3 is 0 Å². The summed E-state index contributed by atoms with van der Waals surface area (Å²) in [5, 5.41) is 0. The topological polar surface area (TPSA) is 55.7 Å². The lowest BCUT2D eigenvalue weighted by Gasteiger charge is -1.98. The molecular formula is C9H10BrNO3S. The fraction of sp³-hybridized carbons (Fsp3) is 0.222. The molecule has 0 atom stereocenters. The Balaban J connectivity index is 2.91. The van der Waals surface area contributed by atoms with Crippen LogP contribution in [0.1, 0.15) is 6.92 Å². The van der Waals surface area contributed by atoms with Crippen LogP contribution in [-0.4, -0.2) is 21.4 Å². The number of rotatable bonds is 4. The van der Waals surface area contributed by atoms with Crippen LogP contribution < -0.4 is 0 Å². The van der Waals surface area contributed by atoms with Gasteiger partial charge in [0.05, 0.1) is 11.5 Å². The van der Waals surface area contributed by atoms with Gasteiger partial charge in [-0.1, -0.05) is 15.9 Å².